The lowest BCUT2D eigenvalue weighted by atomic mass is 10.3. The Balaban J connectivity index is 1.92. The zero-order valence-electron chi connectivity index (χ0n) is 10.2. The number of carboxylic acids is 1. The average molecular weight is 284 g/mol. The van der Waals surface area contributed by atoms with E-state index < -0.39 is 17.6 Å². The maximum absolute atomic E-state index is 13.3. The highest BCUT2D eigenvalue weighted by Crippen LogP contribution is 2.18. The molecule has 2 aromatic rings. The van der Waals surface area contributed by atoms with Crippen molar-refractivity contribution >= 4 is 5.97 Å². The van der Waals surface area contributed by atoms with E-state index in [1.165, 1.54) is 0 Å². The molecule has 20 heavy (non-hydrogen) atoms. The molecule has 0 saturated heterocycles. The van der Waals surface area contributed by atoms with Gasteiger partial charge in [-0.25, -0.2) is 8.78 Å². The van der Waals surface area contributed by atoms with E-state index in [1.54, 1.807) is 0 Å². The molecule has 6 nitrogen and oxygen atoms in total. The number of aliphatic carboxylic acids is 1. The van der Waals surface area contributed by atoms with Crippen molar-refractivity contribution in [3.05, 3.63) is 41.6 Å². The summed E-state index contributed by atoms with van der Waals surface area (Å²) in [6.07, 6.45) is -0.0255. The molecule has 1 heterocycles. The van der Waals surface area contributed by atoms with Gasteiger partial charge in [0, 0.05) is 12.5 Å². The summed E-state index contributed by atoms with van der Waals surface area (Å²) in [7, 11) is 0. The van der Waals surface area contributed by atoms with E-state index in [0.717, 1.165) is 12.1 Å². The monoisotopic (exact) mass is 284 g/mol. The molecule has 2 rings (SSSR count). The van der Waals surface area contributed by atoms with Crippen LogP contribution in [0.5, 0.6) is 5.75 Å². The number of hydrogen-bond acceptors (Lipinski definition) is 5. The van der Waals surface area contributed by atoms with Crippen molar-refractivity contribution in [2.75, 3.05) is 0 Å². The van der Waals surface area contributed by atoms with Gasteiger partial charge in [-0.05, 0) is 12.1 Å². The largest absolute Gasteiger partial charge is 0.481 e. The van der Waals surface area contributed by atoms with Crippen molar-refractivity contribution < 1.29 is 27.8 Å². The summed E-state index contributed by atoms with van der Waals surface area (Å²) in [5.41, 5.74) is 0. The third-order valence-corrected chi connectivity index (χ3v) is 2.31. The second kappa shape index (κ2) is 6.09. The highest BCUT2D eigenvalue weighted by atomic mass is 19.1. The maximum Gasteiger partial charge on any atom is 0.303 e. The van der Waals surface area contributed by atoms with Gasteiger partial charge in [-0.2, -0.15) is 0 Å². The van der Waals surface area contributed by atoms with E-state index in [1.807, 2.05) is 0 Å². The van der Waals surface area contributed by atoms with Crippen molar-refractivity contribution in [1.82, 2.24) is 10.2 Å². The molecule has 0 aliphatic heterocycles. The van der Waals surface area contributed by atoms with E-state index in [0.29, 0.717) is 6.07 Å². The number of nitrogens with zero attached hydrogens (tertiary/aromatic N) is 2. The molecule has 1 aromatic heterocycles. The number of benzene rings is 1. The zero-order valence-corrected chi connectivity index (χ0v) is 10.2. The standard InChI is InChI=1S/C12H10F2N2O4/c13-7-1-2-9(8(14)5-7)19-6-11-16-15-10(20-11)3-4-12(17)18/h1-2,5H,3-4,6H2,(H,17,18). The Bertz CT molecular complexity index is 615. The van der Waals surface area contributed by atoms with Gasteiger partial charge in [-0.1, -0.05) is 0 Å². The molecule has 0 aliphatic carbocycles. The molecule has 0 amide bonds. The van der Waals surface area contributed by atoms with Crippen molar-refractivity contribution in [2.24, 2.45) is 0 Å². The Hall–Kier alpha value is -2.51. The fraction of sp³-hybridized carbons (Fsp3) is 0.250. The molecule has 0 aliphatic rings. The van der Waals surface area contributed by atoms with Gasteiger partial charge in [-0.15, -0.1) is 10.2 Å². The van der Waals surface area contributed by atoms with E-state index in [2.05, 4.69) is 10.2 Å². The first-order valence-corrected chi connectivity index (χ1v) is 5.65. The second-order valence-corrected chi connectivity index (χ2v) is 3.85. The lowest BCUT2D eigenvalue weighted by molar-refractivity contribution is -0.137. The van der Waals surface area contributed by atoms with Crippen molar-refractivity contribution in [3.63, 3.8) is 0 Å². The van der Waals surface area contributed by atoms with Crippen molar-refractivity contribution in [1.29, 1.82) is 0 Å². The molecule has 8 heteroatoms. The Morgan fingerprint density at radius 1 is 1.30 bits per heavy atom. The Morgan fingerprint density at radius 2 is 2.05 bits per heavy atom. The average Bonchev–Trinajstić information content (AvgIpc) is 2.83. The molecule has 1 aromatic carbocycles. The van der Waals surface area contributed by atoms with Gasteiger partial charge < -0.3 is 14.3 Å². The summed E-state index contributed by atoms with van der Waals surface area (Å²) in [4.78, 5) is 10.4. The fourth-order valence-corrected chi connectivity index (χ4v) is 1.39. The highest BCUT2D eigenvalue weighted by Gasteiger charge is 2.10. The molecule has 1 N–H and O–H groups in total. The third-order valence-electron chi connectivity index (χ3n) is 2.31. The van der Waals surface area contributed by atoms with E-state index in [9.17, 15) is 13.6 Å². The van der Waals surface area contributed by atoms with Crippen LogP contribution in [0.1, 0.15) is 18.2 Å². The first kappa shape index (κ1) is 13.9. The van der Waals surface area contributed by atoms with Gasteiger partial charge in [-0.3, -0.25) is 4.79 Å². The number of hydrogen-bond donors (Lipinski definition) is 1. The molecule has 0 unspecified atom stereocenters. The number of ether oxygens (including phenoxy) is 1. The van der Waals surface area contributed by atoms with Crippen molar-refractivity contribution in [3.8, 4) is 5.75 Å². The Labute approximate surface area is 112 Å². The van der Waals surface area contributed by atoms with Crippen LogP contribution < -0.4 is 4.74 Å². The van der Waals surface area contributed by atoms with Gasteiger partial charge in [0.2, 0.25) is 5.89 Å². The first-order valence-electron chi connectivity index (χ1n) is 5.65. The Morgan fingerprint density at radius 3 is 2.75 bits per heavy atom. The number of halogens is 2. The lowest BCUT2D eigenvalue weighted by Crippen LogP contribution is -1.98. The minimum atomic E-state index is -0.977. The number of aromatic nitrogens is 2. The smallest absolute Gasteiger partial charge is 0.303 e. The van der Waals surface area contributed by atoms with Gasteiger partial charge in [0.05, 0.1) is 6.42 Å². The van der Waals surface area contributed by atoms with Crippen LogP contribution >= 0.6 is 0 Å². The normalized spacial score (nSPS) is 10.5. The minimum Gasteiger partial charge on any atom is -0.481 e. The minimum absolute atomic E-state index is 0.0779. The van der Waals surface area contributed by atoms with Gasteiger partial charge in [0.1, 0.15) is 5.82 Å². The summed E-state index contributed by atoms with van der Waals surface area (Å²) in [5, 5.41) is 15.7. The Kier molecular flexibility index (Phi) is 4.24. The lowest BCUT2D eigenvalue weighted by Gasteiger charge is -2.04. The predicted octanol–water partition coefficient (Wildman–Crippen LogP) is 1.94. The van der Waals surface area contributed by atoms with E-state index in [-0.39, 0.29) is 37.0 Å². The number of rotatable bonds is 6. The van der Waals surface area contributed by atoms with Gasteiger partial charge in [0.25, 0.3) is 5.89 Å². The number of carbonyl (C=O) groups is 1. The summed E-state index contributed by atoms with van der Waals surface area (Å²) in [5.74, 6) is -2.43. The zero-order chi connectivity index (χ0) is 14.5. The number of aryl methyl sites for hydroxylation is 1. The van der Waals surface area contributed by atoms with Gasteiger partial charge in [0.15, 0.2) is 18.2 Å². The molecule has 0 fully saturated rings. The summed E-state index contributed by atoms with van der Waals surface area (Å²) in [6.45, 7) is -0.192. The van der Waals surface area contributed by atoms with Crippen LogP contribution in [0.3, 0.4) is 0 Å². The van der Waals surface area contributed by atoms with E-state index in [4.69, 9.17) is 14.3 Å². The van der Waals surface area contributed by atoms with Crippen LogP contribution in [0.4, 0.5) is 8.78 Å². The number of carboxylic acid groups (broad SMARTS) is 1. The first-order chi connectivity index (χ1) is 9.54. The summed E-state index contributed by atoms with van der Waals surface area (Å²) in [6, 6.07) is 2.90. The summed E-state index contributed by atoms with van der Waals surface area (Å²) < 4.78 is 36.1. The van der Waals surface area contributed by atoms with Crippen LogP contribution in [-0.4, -0.2) is 21.3 Å². The van der Waals surface area contributed by atoms with Crippen LogP contribution in [0.15, 0.2) is 22.6 Å². The van der Waals surface area contributed by atoms with Crippen LogP contribution in [0.25, 0.3) is 0 Å². The molecular weight excluding hydrogens is 274 g/mol. The molecular formula is C12H10F2N2O4. The molecule has 0 atom stereocenters. The highest BCUT2D eigenvalue weighted by molar-refractivity contribution is 5.66. The van der Waals surface area contributed by atoms with E-state index >= 15 is 0 Å². The molecule has 106 valence electrons. The van der Waals surface area contributed by atoms with Crippen LogP contribution in [0, 0.1) is 11.6 Å². The summed E-state index contributed by atoms with van der Waals surface area (Å²) >= 11 is 0. The van der Waals surface area contributed by atoms with Gasteiger partial charge >= 0.3 is 5.97 Å². The quantitative estimate of drug-likeness (QED) is 0.872. The SMILES string of the molecule is O=C(O)CCc1nnc(COc2ccc(F)cc2F)o1. The topological polar surface area (TPSA) is 85.5 Å². The molecule has 0 bridgehead atoms. The third kappa shape index (κ3) is 3.74. The van der Waals surface area contributed by atoms with Crippen LogP contribution in [0.2, 0.25) is 0 Å². The fourth-order valence-electron chi connectivity index (χ4n) is 1.39. The maximum atomic E-state index is 13.3. The van der Waals surface area contributed by atoms with Crippen LogP contribution in [-0.2, 0) is 17.8 Å². The molecule has 0 saturated carbocycles. The second-order valence-electron chi connectivity index (χ2n) is 3.85. The molecule has 0 radical (unpaired) electrons. The molecule has 0 spiro atoms. The van der Waals surface area contributed by atoms with Crippen molar-refractivity contribution in [2.45, 2.75) is 19.4 Å². The predicted molar refractivity (Wildman–Crippen MR) is 60.9 cm³/mol.